The van der Waals surface area contributed by atoms with Crippen LogP contribution in [0.4, 0.5) is 0 Å². The molecular weight excluding hydrogens is 322 g/mol. The van der Waals surface area contributed by atoms with Gasteiger partial charge in [0.05, 0.1) is 11.7 Å². The van der Waals surface area contributed by atoms with Gasteiger partial charge in [-0.25, -0.2) is 0 Å². The molecule has 3 aromatic rings. The maximum absolute atomic E-state index is 4.34. The van der Waals surface area contributed by atoms with Crippen LogP contribution in [0.1, 0.15) is 0 Å². The van der Waals surface area contributed by atoms with Crippen LogP contribution in [0, 0.1) is 0 Å². The summed E-state index contributed by atoms with van der Waals surface area (Å²) in [4.78, 5) is 4.34. The lowest BCUT2D eigenvalue weighted by molar-refractivity contribution is 1.09. The Morgan fingerprint density at radius 2 is 2.00 bits per heavy atom. The minimum atomic E-state index is 0.868. The van der Waals surface area contributed by atoms with Gasteiger partial charge < -0.3 is 0 Å². The Morgan fingerprint density at radius 3 is 2.87 bits per heavy atom. The molecule has 0 aliphatic rings. The highest BCUT2D eigenvalue weighted by Gasteiger charge is 2.08. The largest absolute Gasteiger partial charge is 0.270 e. The van der Waals surface area contributed by atoms with Gasteiger partial charge in [-0.1, -0.05) is 15.9 Å². The fraction of sp³-hybridized carbons (Fsp3) is 0. The Bertz CT molecular complexity index is 660. The van der Waals surface area contributed by atoms with Gasteiger partial charge in [-0.05, 0) is 34.1 Å². The third kappa shape index (κ3) is 1.38. The molecule has 2 heterocycles. The first kappa shape index (κ1) is 9.30. The van der Waals surface area contributed by atoms with Gasteiger partial charge in [-0.2, -0.15) is 5.10 Å². The molecule has 0 aliphatic heterocycles. The van der Waals surface area contributed by atoms with Crippen LogP contribution >= 0.6 is 31.9 Å². The number of nitrogens with one attached hydrogen (secondary N) is 1. The van der Waals surface area contributed by atoms with E-state index in [1.165, 1.54) is 0 Å². The van der Waals surface area contributed by atoms with E-state index in [0.29, 0.717) is 0 Å². The quantitative estimate of drug-likeness (QED) is 0.685. The first-order valence-corrected chi connectivity index (χ1v) is 5.92. The summed E-state index contributed by atoms with van der Waals surface area (Å²) in [5.74, 6) is 0. The molecule has 2 aromatic heterocycles. The average molecular weight is 327 g/mol. The number of fused-ring (bicyclic) bond motifs is 3. The second-order valence-corrected chi connectivity index (χ2v) is 4.93. The van der Waals surface area contributed by atoms with Gasteiger partial charge in [-0.15, -0.1) is 0 Å². The SMILES string of the molecule is Brc1ccc2ncc3n[nH]c(Br)c3c2c1. The van der Waals surface area contributed by atoms with E-state index in [0.717, 1.165) is 30.9 Å². The van der Waals surface area contributed by atoms with Crippen molar-refractivity contribution in [3.63, 3.8) is 0 Å². The van der Waals surface area contributed by atoms with Crippen molar-refractivity contribution in [3.8, 4) is 0 Å². The summed E-state index contributed by atoms with van der Waals surface area (Å²) in [5, 5.41) is 9.20. The third-order valence-corrected chi connectivity index (χ3v) is 3.37. The normalized spacial score (nSPS) is 11.3. The van der Waals surface area contributed by atoms with E-state index in [1.54, 1.807) is 6.20 Å². The Hall–Kier alpha value is -0.940. The Labute approximate surface area is 102 Å². The molecule has 0 spiro atoms. The number of rotatable bonds is 0. The van der Waals surface area contributed by atoms with Gasteiger partial charge in [0.1, 0.15) is 10.1 Å². The van der Waals surface area contributed by atoms with Gasteiger partial charge in [0.2, 0.25) is 0 Å². The standard InChI is InChI=1S/C10H5Br2N3/c11-5-1-2-7-6(3-5)9-8(4-13-7)14-15-10(9)12/h1-4H,(H,14,15). The molecule has 0 amide bonds. The summed E-state index contributed by atoms with van der Waals surface area (Å²) in [5.41, 5.74) is 1.83. The molecule has 0 fully saturated rings. The Balaban J connectivity index is 2.61. The van der Waals surface area contributed by atoms with E-state index in [1.807, 2.05) is 18.2 Å². The van der Waals surface area contributed by atoms with Gasteiger partial charge in [0.15, 0.2) is 0 Å². The molecular formula is C10H5Br2N3. The highest BCUT2D eigenvalue weighted by molar-refractivity contribution is 9.10. The third-order valence-electron chi connectivity index (χ3n) is 2.30. The summed E-state index contributed by atoms with van der Waals surface area (Å²) in [6.45, 7) is 0. The molecule has 74 valence electrons. The number of hydrogen-bond donors (Lipinski definition) is 1. The van der Waals surface area contributed by atoms with Crippen molar-refractivity contribution in [3.05, 3.63) is 33.5 Å². The minimum absolute atomic E-state index is 0.868. The van der Waals surface area contributed by atoms with Crippen molar-refractivity contribution in [1.29, 1.82) is 0 Å². The van der Waals surface area contributed by atoms with E-state index in [9.17, 15) is 0 Å². The summed E-state index contributed by atoms with van der Waals surface area (Å²) < 4.78 is 1.93. The van der Waals surface area contributed by atoms with Gasteiger partial charge in [0, 0.05) is 15.2 Å². The minimum Gasteiger partial charge on any atom is -0.270 e. The number of hydrogen-bond acceptors (Lipinski definition) is 2. The Kier molecular flexibility index (Phi) is 2.03. The smallest absolute Gasteiger partial charge is 0.112 e. The molecule has 1 aromatic carbocycles. The topological polar surface area (TPSA) is 41.6 Å². The predicted molar refractivity (Wildman–Crippen MR) is 66.8 cm³/mol. The van der Waals surface area contributed by atoms with Gasteiger partial charge in [0.25, 0.3) is 0 Å². The number of pyridine rings is 1. The fourth-order valence-corrected chi connectivity index (χ4v) is 2.50. The fourth-order valence-electron chi connectivity index (χ4n) is 1.63. The van der Waals surface area contributed by atoms with Crippen molar-refractivity contribution in [2.45, 2.75) is 0 Å². The van der Waals surface area contributed by atoms with Crippen LogP contribution in [0.25, 0.3) is 21.8 Å². The van der Waals surface area contributed by atoms with Crippen LogP contribution in [0.5, 0.6) is 0 Å². The summed E-state index contributed by atoms with van der Waals surface area (Å²) >= 11 is 6.91. The molecule has 15 heavy (non-hydrogen) atoms. The maximum Gasteiger partial charge on any atom is 0.112 e. The molecule has 0 radical (unpaired) electrons. The van der Waals surface area contributed by atoms with Crippen molar-refractivity contribution < 1.29 is 0 Å². The zero-order valence-corrected chi connectivity index (χ0v) is 10.6. The lowest BCUT2D eigenvalue weighted by Crippen LogP contribution is -1.80. The summed E-state index contributed by atoms with van der Waals surface area (Å²) in [7, 11) is 0. The van der Waals surface area contributed by atoms with Crippen LogP contribution in [-0.2, 0) is 0 Å². The van der Waals surface area contributed by atoms with Crippen molar-refractivity contribution in [1.82, 2.24) is 15.2 Å². The molecule has 0 aliphatic carbocycles. The summed E-state index contributed by atoms with van der Waals surface area (Å²) in [6, 6.07) is 6.01. The first-order chi connectivity index (χ1) is 7.25. The van der Waals surface area contributed by atoms with E-state index < -0.39 is 0 Å². The highest BCUT2D eigenvalue weighted by Crippen LogP contribution is 2.29. The van der Waals surface area contributed by atoms with Crippen molar-refractivity contribution in [2.24, 2.45) is 0 Å². The van der Waals surface area contributed by atoms with E-state index >= 15 is 0 Å². The van der Waals surface area contributed by atoms with Gasteiger partial charge in [-0.3, -0.25) is 10.1 Å². The van der Waals surface area contributed by atoms with Gasteiger partial charge >= 0.3 is 0 Å². The number of aromatic amines is 1. The second-order valence-electron chi connectivity index (χ2n) is 3.22. The molecule has 0 unspecified atom stereocenters. The molecule has 0 saturated carbocycles. The zero-order valence-electron chi connectivity index (χ0n) is 7.46. The average Bonchev–Trinajstić information content (AvgIpc) is 2.60. The lowest BCUT2D eigenvalue weighted by Gasteiger charge is -1.99. The highest BCUT2D eigenvalue weighted by atomic mass is 79.9. The maximum atomic E-state index is 4.34. The second kappa shape index (κ2) is 3.28. The van der Waals surface area contributed by atoms with Crippen molar-refractivity contribution in [2.75, 3.05) is 0 Å². The van der Waals surface area contributed by atoms with E-state index in [-0.39, 0.29) is 0 Å². The molecule has 0 saturated heterocycles. The number of aromatic nitrogens is 3. The van der Waals surface area contributed by atoms with Crippen LogP contribution < -0.4 is 0 Å². The number of benzene rings is 1. The lowest BCUT2D eigenvalue weighted by atomic mass is 10.1. The van der Waals surface area contributed by atoms with E-state index in [2.05, 4.69) is 47.0 Å². The zero-order chi connectivity index (χ0) is 10.4. The number of nitrogens with zero attached hydrogens (tertiary/aromatic N) is 2. The number of H-pyrrole nitrogens is 1. The molecule has 5 heteroatoms. The first-order valence-electron chi connectivity index (χ1n) is 4.33. The molecule has 0 atom stereocenters. The monoisotopic (exact) mass is 325 g/mol. The Morgan fingerprint density at radius 1 is 1.13 bits per heavy atom. The molecule has 3 rings (SSSR count). The number of halogens is 2. The predicted octanol–water partition coefficient (Wildman–Crippen LogP) is 3.64. The van der Waals surface area contributed by atoms with Crippen LogP contribution in [-0.4, -0.2) is 15.2 Å². The molecule has 0 bridgehead atoms. The van der Waals surface area contributed by atoms with Crippen molar-refractivity contribution >= 4 is 53.7 Å². The van der Waals surface area contributed by atoms with Crippen LogP contribution in [0.15, 0.2) is 33.5 Å². The van der Waals surface area contributed by atoms with Crippen LogP contribution in [0.3, 0.4) is 0 Å². The molecule has 3 nitrogen and oxygen atoms in total. The summed E-state index contributed by atoms with van der Waals surface area (Å²) in [6.07, 6.45) is 1.77. The van der Waals surface area contributed by atoms with Crippen LogP contribution in [0.2, 0.25) is 0 Å². The molecule has 1 N–H and O–H groups in total. The van der Waals surface area contributed by atoms with E-state index in [4.69, 9.17) is 0 Å².